The molecule has 0 saturated heterocycles. The van der Waals surface area contributed by atoms with E-state index < -0.39 is 6.10 Å². The van der Waals surface area contributed by atoms with E-state index in [0.29, 0.717) is 19.3 Å². The van der Waals surface area contributed by atoms with Crippen LogP contribution in [-0.4, -0.2) is 37.2 Å². The van der Waals surface area contributed by atoms with Gasteiger partial charge >= 0.3 is 17.9 Å². The average Bonchev–Trinajstić information content (AvgIpc) is 3.44. The first kappa shape index (κ1) is 75.1. The van der Waals surface area contributed by atoms with Crippen LogP contribution in [0.5, 0.6) is 0 Å². The maximum atomic E-state index is 12.8. The molecule has 0 rings (SSSR count). The summed E-state index contributed by atoms with van der Waals surface area (Å²) in [6, 6.07) is 0. The van der Waals surface area contributed by atoms with E-state index in [-0.39, 0.29) is 31.1 Å². The molecule has 0 amide bonds. The molecule has 0 spiro atoms. The number of hydrogen-bond acceptors (Lipinski definition) is 6. The zero-order valence-electron chi connectivity index (χ0n) is 52.2. The molecule has 6 nitrogen and oxygen atoms in total. The van der Waals surface area contributed by atoms with Crippen molar-refractivity contribution in [2.75, 3.05) is 13.2 Å². The van der Waals surface area contributed by atoms with Crippen molar-refractivity contribution >= 4 is 17.9 Å². The largest absolute Gasteiger partial charge is 0.462 e. The van der Waals surface area contributed by atoms with Gasteiger partial charge in [-0.15, -0.1) is 0 Å². The van der Waals surface area contributed by atoms with Gasteiger partial charge in [0.1, 0.15) is 13.2 Å². The fourth-order valence-corrected chi connectivity index (χ4v) is 10.2. The summed E-state index contributed by atoms with van der Waals surface area (Å²) in [7, 11) is 0. The van der Waals surface area contributed by atoms with Gasteiger partial charge in [0, 0.05) is 19.3 Å². The minimum Gasteiger partial charge on any atom is -0.462 e. The summed E-state index contributed by atoms with van der Waals surface area (Å²) in [6.45, 7) is 6.49. The maximum absolute atomic E-state index is 12.8. The predicted molar refractivity (Wildman–Crippen MR) is 339 cm³/mol. The Bertz CT molecular complexity index is 1390. The lowest BCUT2D eigenvalue weighted by atomic mass is 10.0. The average molecular weight is 1090 g/mol. The van der Waals surface area contributed by atoms with Crippen LogP contribution < -0.4 is 0 Å². The van der Waals surface area contributed by atoms with Gasteiger partial charge in [-0.25, -0.2) is 0 Å². The standard InChI is InChI=1S/C72H130O6/c1-4-7-10-13-15-17-19-21-23-25-27-29-31-33-34-35-36-37-39-40-42-44-46-48-50-52-54-56-59-62-65-71(74)77-68-69(67-76-70(73)64-61-58-12-9-6-3)78-72(75)66-63-60-57-55-53-51-49-47-45-43-41-38-32-30-28-26-24-22-20-18-16-14-11-8-5-2/h8,11,16,18,22,24,28,30,38,41,69H,4-7,9-10,12-15,17,19-21,23,25-27,29,31-37,39-40,42-68H2,1-3H3/b11-8-,18-16-,24-22-,30-28-,41-38-. The van der Waals surface area contributed by atoms with Gasteiger partial charge in [0.25, 0.3) is 0 Å². The molecule has 78 heavy (non-hydrogen) atoms. The molecule has 0 aromatic heterocycles. The summed E-state index contributed by atoms with van der Waals surface area (Å²) in [5.41, 5.74) is 0. The van der Waals surface area contributed by atoms with Crippen LogP contribution in [0.3, 0.4) is 0 Å². The Morgan fingerprint density at radius 1 is 0.269 bits per heavy atom. The number of ether oxygens (including phenoxy) is 3. The summed E-state index contributed by atoms with van der Waals surface area (Å²) >= 11 is 0. The third-order valence-corrected chi connectivity index (χ3v) is 15.3. The van der Waals surface area contributed by atoms with E-state index in [1.807, 2.05) is 0 Å². The predicted octanol–water partition coefficient (Wildman–Crippen LogP) is 23.5. The Kier molecular flexibility index (Phi) is 64.2. The van der Waals surface area contributed by atoms with Gasteiger partial charge in [0.05, 0.1) is 0 Å². The first-order valence-electron chi connectivity index (χ1n) is 34.3. The second kappa shape index (κ2) is 66.6. The van der Waals surface area contributed by atoms with E-state index in [9.17, 15) is 14.4 Å². The molecule has 0 aromatic carbocycles. The van der Waals surface area contributed by atoms with Crippen LogP contribution in [0.15, 0.2) is 60.8 Å². The van der Waals surface area contributed by atoms with E-state index >= 15 is 0 Å². The lowest BCUT2D eigenvalue weighted by molar-refractivity contribution is -0.167. The van der Waals surface area contributed by atoms with E-state index in [0.717, 1.165) is 103 Å². The number of unbranched alkanes of at least 4 members (excludes halogenated alkanes) is 42. The summed E-state index contributed by atoms with van der Waals surface area (Å²) < 4.78 is 16.8. The van der Waals surface area contributed by atoms with E-state index in [1.54, 1.807) is 0 Å². The van der Waals surface area contributed by atoms with Crippen LogP contribution in [0.4, 0.5) is 0 Å². The van der Waals surface area contributed by atoms with Crippen LogP contribution in [-0.2, 0) is 28.6 Å². The fraction of sp³-hybridized carbons (Fsp3) is 0.819. The molecule has 0 aliphatic carbocycles. The molecule has 454 valence electrons. The Morgan fingerprint density at radius 2 is 0.500 bits per heavy atom. The van der Waals surface area contributed by atoms with Gasteiger partial charge in [-0.1, -0.05) is 338 Å². The van der Waals surface area contributed by atoms with Crippen molar-refractivity contribution in [2.45, 2.75) is 367 Å². The van der Waals surface area contributed by atoms with Crippen LogP contribution in [0.1, 0.15) is 361 Å². The highest BCUT2D eigenvalue weighted by Crippen LogP contribution is 2.18. The smallest absolute Gasteiger partial charge is 0.306 e. The van der Waals surface area contributed by atoms with Crippen molar-refractivity contribution in [1.29, 1.82) is 0 Å². The van der Waals surface area contributed by atoms with Crippen molar-refractivity contribution < 1.29 is 28.6 Å². The fourth-order valence-electron chi connectivity index (χ4n) is 10.2. The number of allylic oxidation sites excluding steroid dienone is 10. The van der Waals surface area contributed by atoms with Crippen LogP contribution in [0, 0.1) is 0 Å². The first-order valence-corrected chi connectivity index (χ1v) is 34.3. The monoisotopic (exact) mass is 1090 g/mol. The molecule has 0 N–H and O–H groups in total. The molecule has 6 heteroatoms. The molecule has 0 heterocycles. The lowest BCUT2D eigenvalue weighted by Crippen LogP contribution is -2.30. The summed E-state index contributed by atoms with van der Waals surface area (Å²) in [5, 5.41) is 0. The summed E-state index contributed by atoms with van der Waals surface area (Å²) in [4.78, 5) is 38.0. The Morgan fingerprint density at radius 3 is 0.782 bits per heavy atom. The number of hydrogen-bond donors (Lipinski definition) is 0. The van der Waals surface area contributed by atoms with Gasteiger partial charge in [-0.3, -0.25) is 14.4 Å². The number of carbonyl (C=O) groups is 3. The van der Waals surface area contributed by atoms with Crippen molar-refractivity contribution in [1.82, 2.24) is 0 Å². The Hall–Kier alpha value is -2.89. The molecule has 0 bridgehead atoms. The van der Waals surface area contributed by atoms with Crippen LogP contribution >= 0.6 is 0 Å². The second-order valence-electron chi connectivity index (χ2n) is 23.1. The Balaban J connectivity index is 3.96. The molecule has 0 aliphatic rings. The third-order valence-electron chi connectivity index (χ3n) is 15.3. The van der Waals surface area contributed by atoms with Crippen molar-refractivity contribution in [3.05, 3.63) is 60.8 Å². The molecule has 0 aliphatic heterocycles. The number of carbonyl (C=O) groups excluding carboxylic acids is 3. The van der Waals surface area contributed by atoms with E-state index in [2.05, 4.69) is 81.5 Å². The minimum atomic E-state index is -0.773. The summed E-state index contributed by atoms with van der Waals surface area (Å²) in [5.74, 6) is -0.876. The van der Waals surface area contributed by atoms with Gasteiger partial charge < -0.3 is 14.2 Å². The van der Waals surface area contributed by atoms with Gasteiger partial charge in [0.15, 0.2) is 6.10 Å². The molecule has 0 radical (unpaired) electrons. The zero-order valence-corrected chi connectivity index (χ0v) is 52.2. The van der Waals surface area contributed by atoms with Crippen molar-refractivity contribution in [3.63, 3.8) is 0 Å². The molecular weight excluding hydrogens is 961 g/mol. The van der Waals surface area contributed by atoms with E-state index in [4.69, 9.17) is 14.2 Å². The normalized spacial score (nSPS) is 12.4. The number of rotatable bonds is 63. The zero-order chi connectivity index (χ0) is 56.4. The van der Waals surface area contributed by atoms with E-state index in [1.165, 1.54) is 218 Å². The first-order chi connectivity index (χ1) is 38.5. The molecular formula is C72H130O6. The maximum Gasteiger partial charge on any atom is 0.306 e. The van der Waals surface area contributed by atoms with Crippen molar-refractivity contribution in [2.24, 2.45) is 0 Å². The lowest BCUT2D eigenvalue weighted by Gasteiger charge is -2.18. The van der Waals surface area contributed by atoms with Gasteiger partial charge in [0.2, 0.25) is 0 Å². The van der Waals surface area contributed by atoms with Crippen LogP contribution in [0.25, 0.3) is 0 Å². The molecule has 0 saturated carbocycles. The highest BCUT2D eigenvalue weighted by molar-refractivity contribution is 5.71. The summed E-state index contributed by atoms with van der Waals surface area (Å²) in [6.07, 6.45) is 85.9. The van der Waals surface area contributed by atoms with Crippen LogP contribution in [0.2, 0.25) is 0 Å². The SMILES string of the molecule is CC/C=C\C/C=C\C/C=C\C/C=C\C/C=C\CCCCCCCCCCCC(=O)OC(COC(=O)CCCCCCC)COC(=O)CCCCCCCCCCCCCCCCCCCCCCCCCCCCCCCC. The molecule has 0 fully saturated rings. The molecule has 1 atom stereocenters. The third kappa shape index (κ3) is 63.9. The molecule has 1 unspecified atom stereocenters. The number of esters is 3. The van der Waals surface area contributed by atoms with Crippen molar-refractivity contribution in [3.8, 4) is 0 Å². The van der Waals surface area contributed by atoms with Gasteiger partial charge in [-0.2, -0.15) is 0 Å². The second-order valence-corrected chi connectivity index (χ2v) is 23.1. The minimum absolute atomic E-state index is 0.0732. The molecule has 0 aromatic rings. The van der Waals surface area contributed by atoms with Gasteiger partial charge in [-0.05, 0) is 64.2 Å². The highest BCUT2D eigenvalue weighted by Gasteiger charge is 2.19. The topological polar surface area (TPSA) is 78.9 Å². The quantitative estimate of drug-likeness (QED) is 0.0261. The highest BCUT2D eigenvalue weighted by atomic mass is 16.6. The Labute approximate surface area is 485 Å².